The maximum Gasteiger partial charge on any atom is 0.320 e. The molecule has 5 aliphatic rings. The Labute approximate surface area is 152 Å². The molecule has 0 radical (unpaired) electrons. The maximum absolute atomic E-state index is 13.2. The van der Waals surface area contributed by atoms with E-state index in [2.05, 4.69) is 20.4 Å². The Morgan fingerprint density at radius 2 is 1.92 bits per heavy atom. The first-order chi connectivity index (χ1) is 12.2. The minimum atomic E-state index is -1.37. The van der Waals surface area contributed by atoms with Crippen molar-refractivity contribution in [2.75, 3.05) is 6.61 Å². The zero-order valence-corrected chi connectivity index (χ0v) is 15.2. The van der Waals surface area contributed by atoms with Crippen LogP contribution in [0.4, 0.5) is 0 Å². The van der Waals surface area contributed by atoms with Crippen molar-refractivity contribution in [2.45, 2.75) is 58.0 Å². The van der Waals surface area contributed by atoms with Gasteiger partial charge in [-0.3, -0.25) is 9.59 Å². The van der Waals surface area contributed by atoms with Crippen LogP contribution in [0.1, 0.15) is 39.5 Å². The number of hydrogen-bond donors (Lipinski definition) is 2. The van der Waals surface area contributed by atoms with E-state index in [0.29, 0.717) is 24.8 Å². The third-order valence-electron chi connectivity index (χ3n) is 8.25. The van der Waals surface area contributed by atoms with Gasteiger partial charge >= 0.3 is 5.97 Å². The number of esters is 1. The van der Waals surface area contributed by atoms with Gasteiger partial charge in [0.2, 0.25) is 0 Å². The molecule has 2 heterocycles. The van der Waals surface area contributed by atoms with Gasteiger partial charge in [0.15, 0.2) is 12.1 Å². The van der Waals surface area contributed by atoms with E-state index in [1.165, 1.54) is 0 Å². The molecule has 8 atom stereocenters. The minimum Gasteiger partial charge on any atom is -0.461 e. The molecule has 2 spiro atoms. The molecule has 0 aromatic carbocycles. The molecule has 2 aliphatic heterocycles. The van der Waals surface area contributed by atoms with Crippen molar-refractivity contribution in [3.63, 3.8) is 0 Å². The molecule has 0 unspecified atom stereocenters. The summed E-state index contributed by atoms with van der Waals surface area (Å²) in [5, 5.41) is 21.8. The molecule has 142 valence electrons. The van der Waals surface area contributed by atoms with Gasteiger partial charge in [-0.1, -0.05) is 20.4 Å². The molecule has 5 fully saturated rings. The van der Waals surface area contributed by atoms with Gasteiger partial charge in [-0.2, -0.15) is 0 Å². The van der Waals surface area contributed by atoms with Crippen molar-refractivity contribution in [1.29, 1.82) is 0 Å². The van der Waals surface area contributed by atoms with Crippen LogP contribution in [0.15, 0.2) is 12.2 Å². The van der Waals surface area contributed by atoms with Crippen molar-refractivity contribution < 1.29 is 29.3 Å². The van der Waals surface area contributed by atoms with E-state index in [1.54, 1.807) is 0 Å². The number of ketones is 1. The number of Topliss-reactive ketones (excluding diaryl/α,β-unsaturated/α-hetero) is 1. The number of ether oxygens (including phenoxy) is 2. The molecule has 0 aromatic heterocycles. The SMILES string of the molecule is C=C1C(=O)[C@@]23C[C@@H]1C[C@@H](O)[C@@H]2[C@]12CO[C@H](O)[C@H]1C(C)(C)CC[C@H]2OC3=O. The van der Waals surface area contributed by atoms with Crippen LogP contribution >= 0.6 is 0 Å². The molecule has 0 aromatic rings. The molecule has 3 saturated carbocycles. The topological polar surface area (TPSA) is 93.1 Å². The average Bonchev–Trinajstić information content (AvgIpc) is 3.01. The van der Waals surface area contributed by atoms with Gasteiger partial charge in [-0.05, 0) is 42.6 Å². The van der Waals surface area contributed by atoms with Crippen LogP contribution in [0.25, 0.3) is 0 Å². The second-order valence-electron chi connectivity index (χ2n) is 9.72. The number of hydrogen-bond acceptors (Lipinski definition) is 6. The summed E-state index contributed by atoms with van der Waals surface area (Å²) in [5.41, 5.74) is -1.91. The molecular weight excluding hydrogens is 336 g/mol. The highest BCUT2D eigenvalue weighted by atomic mass is 16.6. The van der Waals surface area contributed by atoms with Crippen LogP contribution in [-0.4, -0.2) is 47.1 Å². The standard InChI is InChI=1S/C20H26O6/c1-9-10-6-11(21)13-19(7-10,15(9)22)17(24)26-12-4-5-18(2,3)14-16(23)25-8-20(12,13)14/h10-14,16,21,23H,1,4-8H2,2-3H3/t10-,11+,12+,13-,14-,16-,19+,20+/m0/s1. The molecule has 0 amide bonds. The lowest BCUT2D eigenvalue weighted by Crippen LogP contribution is -2.70. The largest absolute Gasteiger partial charge is 0.461 e. The van der Waals surface area contributed by atoms with Crippen LogP contribution < -0.4 is 0 Å². The lowest BCUT2D eigenvalue weighted by molar-refractivity contribution is -0.251. The number of aliphatic hydroxyl groups excluding tert-OH is 2. The Kier molecular flexibility index (Phi) is 3.10. The number of carbonyl (C=O) groups is 2. The van der Waals surface area contributed by atoms with Gasteiger partial charge in [0.05, 0.1) is 12.7 Å². The summed E-state index contributed by atoms with van der Waals surface area (Å²) in [6, 6.07) is 0. The molecule has 3 aliphatic carbocycles. The second-order valence-corrected chi connectivity index (χ2v) is 9.72. The van der Waals surface area contributed by atoms with Crippen LogP contribution in [0.2, 0.25) is 0 Å². The van der Waals surface area contributed by atoms with Crippen LogP contribution in [0.3, 0.4) is 0 Å². The van der Waals surface area contributed by atoms with Crippen LogP contribution in [-0.2, 0) is 19.1 Å². The fourth-order valence-electron chi connectivity index (χ4n) is 7.35. The average molecular weight is 362 g/mol. The first-order valence-corrected chi connectivity index (χ1v) is 9.58. The second kappa shape index (κ2) is 4.78. The zero-order chi connectivity index (χ0) is 18.6. The minimum absolute atomic E-state index is 0.170. The molecule has 2 saturated heterocycles. The van der Waals surface area contributed by atoms with Crippen LogP contribution in [0.5, 0.6) is 0 Å². The molecule has 26 heavy (non-hydrogen) atoms. The fourth-order valence-corrected chi connectivity index (χ4v) is 7.35. The first-order valence-electron chi connectivity index (χ1n) is 9.58. The van der Waals surface area contributed by atoms with Gasteiger partial charge in [0.1, 0.15) is 11.5 Å². The quantitative estimate of drug-likeness (QED) is 0.382. The van der Waals surface area contributed by atoms with Crippen LogP contribution in [0, 0.1) is 34.0 Å². The lowest BCUT2D eigenvalue weighted by atomic mass is 9.43. The normalized spacial score (nSPS) is 54.4. The predicted octanol–water partition coefficient (Wildman–Crippen LogP) is 1.20. The van der Waals surface area contributed by atoms with E-state index in [0.717, 1.165) is 6.42 Å². The summed E-state index contributed by atoms with van der Waals surface area (Å²) >= 11 is 0. The molecule has 2 N–H and O–H groups in total. The molecule has 6 heteroatoms. The number of carbonyl (C=O) groups excluding carboxylic acids is 2. The summed E-state index contributed by atoms with van der Waals surface area (Å²) in [4.78, 5) is 26.3. The summed E-state index contributed by atoms with van der Waals surface area (Å²) in [6.45, 7) is 8.29. The van der Waals surface area contributed by atoms with Crippen molar-refractivity contribution >= 4 is 11.8 Å². The Morgan fingerprint density at radius 3 is 2.65 bits per heavy atom. The molecule has 2 bridgehead atoms. The van der Waals surface area contributed by atoms with Crippen molar-refractivity contribution in [2.24, 2.45) is 34.0 Å². The highest BCUT2D eigenvalue weighted by Gasteiger charge is 2.79. The Morgan fingerprint density at radius 1 is 1.19 bits per heavy atom. The molecule has 6 nitrogen and oxygen atoms in total. The number of allylic oxidation sites excluding steroid dienone is 1. The third kappa shape index (κ3) is 1.61. The lowest BCUT2D eigenvalue weighted by Gasteiger charge is -2.62. The summed E-state index contributed by atoms with van der Waals surface area (Å²) < 4.78 is 11.6. The van der Waals surface area contributed by atoms with E-state index in [9.17, 15) is 19.8 Å². The van der Waals surface area contributed by atoms with E-state index >= 15 is 0 Å². The van der Waals surface area contributed by atoms with E-state index in [-0.39, 0.29) is 29.6 Å². The molecule has 5 rings (SSSR count). The monoisotopic (exact) mass is 362 g/mol. The Bertz CT molecular complexity index is 728. The summed E-state index contributed by atoms with van der Waals surface area (Å²) in [6.07, 6.45) is 0.0166. The predicted molar refractivity (Wildman–Crippen MR) is 89.6 cm³/mol. The highest BCUT2D eigenvalue weighted by Crippen LogP contribution is 2.71. The highest BCUT2D eigenvalue weighted by molar-refractivity contribution is 6.15. The Balaban J connectivity index is 1.75. The summed E-state index contributed by atoms with van der Waals surface area (Å²) in [7, 11) is 0. The zero-order valence-electron chi connectivity index (χ0n) is 15.2. The Hall–Kier alpha value is -1.24. The summed E-state index contributed by atoms with van der Waals surface area (Å²) in [5.74, 6) is -1.84. The number of rotatable bonds is 0. The molecular formula is C20H26O6. The van der Waals surface area contributed by atoms with Crippen molar-refractivity contribution in [3.05, 3.63) is 12.2 Å². The maximum atomic E-state index is 13.2. The van der Waals surface area contributed by atoms with Gasteiger partial charge < -0.3 is 19.7 Å². The van der Waals surface area contributed by atoms with E-state index < -0.39 is 41.2 Å². The number of aliphatic hydroxyl groups is 2. The first kappa shape index (κ1) is 16.9. The van der Waals surface area contributed by atoms with Gasteiger partial charge in [0.25, 0.3) is 0 Å². The van der Waals surface area contributed by atoms with Crippen molar-refractivity contribution in [3.8, 4) is 0 Å². The smallest absolute Gasteiger partial charge is 0.320 e. The van der Waals surface area contributed by atoms with Gasteiger partial charge in [0, 0.05) is 17.3 Å². The van der Waals surface area contributed by atoms with Crippen molar-refractivity contribution in [1.82, 2.24) is 0 Å². The fraction of sp³-hybridized carbons (Fsp3) is 0.800. The van der Waals surface area contributed by atoms with Gasteiger partial charge in [-0.25, -0.2) is 0 Å². The number of fused-ring (bicyclic) bond motifs is 1. The van der Waals surface area contributed by atoms with E-state index in [4.69, 9.17) is 9.47 Å². The van der Waals surface area contributed by atoms with Gasteiger partial charge in [-0.15, -0.1) is 0 Å². The third-order valence-corrected chi connectivity index (χ3v) is 8.25. The van der Waals surface area contributed by atoms with E-state index in [1.807, 2.05) is 0 Å².